The van der Waals surface area contributed by atoms with Crippen LogP contribution >= 0.6 is 0 Å². The molecule has 1 aliphatic rings. The second-order valence-electron chi connectivity index (χ2n) is 3.69. The third-order valence-electron chi connectivity index (χ3n) is 2.55. The van der Waals surface area contributed by atoms with Crippen molar-refractivity contribution in [1.82, 2.24) is 0 Å². The fraction of sp³-hybridized carbons (Fsp3) is 0.909. The maximum Gasteiger partial charge on any atom is 0.0575 e. The summed E-state index contributed by atoms with van der Waals surface area (Å²) in [6, 6.07) is 0. The van der Waals surface area contributed by atoms with E-state index in [4.69, 9.17) is 4.74 Å². The molecule has 0 saturated heterocycles. The van der Waals surface area contributed by atoms with Crippen LogP contribution in [-0.2, 0) is 4.74 Å². The molecule has 1 fully saturated rings. The Kier molecular flexibility index (Phi) is 5.42. The topological polar surface area (TPSA) is 9.23 Å². The Labute approximate surface area is 76.5 Å². The van der Waals surface area contributed by atoms with Crippen molar-refractivity contribution in [3.8, 4) is 0 Å². The largest absolute Gasteiger partial charge is 0.378 e. The summed E-state index contributed by atoms with van der Waals surface area (Å²) in [6.07, 6.45) is 10.8. The Morgan fingerprint density at radius 1 is 1.08 bits per heavy atom. The van der Waals surface area contributed by atoms with Gasteiger partial charge in [0.15, 0.2) is 0 Å². The van der Waals surface area contributed by atoms with Gasteiger partial charge in [-0.2, -0.15) is 0 Å². The highest BCUT2D eigenvalue weighted by molar-refractivity contribution is 4.63. The van der Waals surface area contributed by atoms with Crippen molar-refractivity contribution in [2.24, 2.45) is 0 Å². The van der Waals surface area contributed by atoms with Crippen LogP contribution in [0.2, 0.25) is 0 Å². The van der Waals surface area contributed by atoms with Gasteiger partial charge in [-0.25, -0.2) is 0 Å². The highest BCUT2D eigenvalue weighted by Crippen LogP contribution is 2.19. The molecule has 1 rings (SSSR count). The zero-order valence-electron chi connectivity index (χ0n) is 8.06. The van der Waals surface area contributed by atoms with Crippen molar-refractivity contribution in [1.29, 1.82) is 0 Å². The first-order chi connectivity index (χ1) is 5.93. The normalized spacial score (nSPS) is 20.8. The quantitative estimate of drug-likeness (QED) is 0.463. The Balaban J connectivity index is 2.04. The molecule has 0 heterocycles. The van der Waals surface area contributed by atoms with Crippen LogP contribution in [0.3, 0.4) is 0 Å². The molecule has 0 bridgehead atoms. The summed E-state index contributed by atoms with van der Waals surface area (Å²) in [6.45, 7) is 4.73. The molecule has 0 atom stereocenters. The van der Waals surface area contributed by atoms with Gasteiger partial charge in [0.2, 0.25) is 0 Å². The zero-order valence-corrected chi connectivity index (χ0v) is 8.06. The van der Waals surface area contributed by atoms with Gasteiger partial charge < -0.3 is 4.74 Å². The van der Waals surface area contributed by atoms with E-state index in [-0.39, 0.29) is 0 Å². The number of rotatable bonds is 4. The highest BCUT2D eigenvalue weighted by Gasteiger charge is 2.11. The monoisotopic (exact) mass is 169 g/mol. The molecular formula is C11H21O. The van der Waals surface area contributed by atoms with Crippen molar-refractivity contribution in [3.63, 3.8) is 0 Å². The molecule has 0 aromatic carbocycles. The minimum atomic E-state index is 0.569. The number of hydrogen-bond donors (Lipinski definition) is 0. The van der Waals surface area contributed by atoms with Crippen LogP contribution in [0.25, 0.3) is 0 Å². The van der Waals surface area contributed by atoms with E-state index in [1.807, 2.05) is 0 Å². The van der Waals surface area contributed by atoms with Gasteiger partial charge in [-0.05, 0) is 19.3 Å². The van der Waals surface area contributed by atoms with Crippen molar-refractivity contribution >= 4 is 0 Å². The fourth-order valence-corrected chi connectivity index (χ4v) is 1.76. The maximum absolute atomic E-state index is 5.76. The van der Waals surface area contributed by atoms with E-state index in [1.54, 1.807) is 0 Å². The van der Waals surface area contributed by atoms with Crippen LogP contribution in [0.1, 0.15) is 51.4 Å². The first-order valence-electron chi connectivity index (χ1n) is 5.34. The molecule has 0 N–H and O–H groups in total. The van der Waals surface area contributed by atoms with Gasteiger partial charge in [0.05, 0.1) is 6.10 Å². The van der Waals surface area contributed by atoms with E-state index in [1.165, 1.54) is 38.5 Å². The molecule has 12 heavy (non-hydrogen) atoms. The predicted octanol–water partition coefficient (Wildman–Crippen LogP) is 3.34. The van der Waals surface area contributed by atoms with Crippen LogP contribution < -0.4 is 0 Å². The average Bonchev–Trinajstić information content (AvgIpc) is 2.33. The highest BCUT2D eigenvalue weighted by atomic mass is 16.5. The van der Waals surface area contributed by atoms with E-state index in [9.17, 15) is 0 Å². The van der Waals surface area contributed by atoms with Gasteiger partial charge in [-0.1, -0.05) is 39.0 Å². The summed E-state index contributed by atoms with van der Waals surface area (Å²) in [5.41, 5.74) is 0. The SMILES string of the molecule is [CH2]CCCOC1CCCCCC1. The summed E-state index contributed by atoms with van der Waals surface area (Å²) in [5, 5.41) is 0. The molecule has 0 spiro atoms. The maximum atomic E-state index is 5.76. The number of hydrogen-bond acceptors (Lipinski definition) is 1. The summed E-state index contributed by atoms with van der Waals surface area (Å²) < 4.78 is 5.76. The Hall–Kier alpha value is -0.0400. The minimum absolute atomic E-state index is 0.569. The second-order valence-corrected chi connectivity index (χ2v) is 3.69. The first kappa shape index (κ1) is 10.0. The summed E-state index contributed by atoms with van der Waals surface area (Å²) >= 11 is 0. The fourth-order valence-electron chi connectivity index (χ4n) is 1.76. The number of unbranched alkanes of at least 4 members (excludes halogenated alkanes) is 1. The molecule has 1 radical (unpaired) electrons. The van der Waals surface area contributed by atoms with Crippen LogP contribution in [0.4, 0.5) is 0 Å². The van der Waals surface area contributed by atoms with Gasteiger partial charge in [-0.15, -0.1) is 0 Å². The van der Waals surface area contributed by atoms with Gasteiger partial charge in [-0.3, -0.25) is 0 Å². The second kappa shape index (κ2) is 6.47. The van der Waals surface area contributed by atoms with Crippen molar-refractivity contribution in [3.05, 3.63) is 6.92 Å². The standard InChI is InChI=1S/C11H21O/c1-2-3-10-12-11-8-6-4-5-7-9-11/h11H,1-10H2. The summed E-state index contributed by atoms with van der Waals surface area (Å²) in [5.74, 6) is 0. The predicted molar refractivity (Wildman–Crippen MR) is 52.0 cm³/mol. The van der Waals surface area contributed by atoms with E-state index < -0.39 is 0 Å². The smallest absolute Gasteiger partial charge is 0.0575 e. The minimum Gasteiger partial charge on any atom is -0.378 e. The van der Waals surface area contributed by atoms with Crippen molar-refractivity contribution < 1.29 is 4.74 Å². The van der Waals surface area contributed by atoms with Crippen LogP contribution in [-0.4, -0.2) is 12.7 Å². The number of ether oxygens (including phenoxy) is 1. The lowest BCUT2D eigenvalue weighted by Gasteiger charge is -2.14. The van der Waals surface area contributed by atoms with Crippen LogP contribution in [0, 0.1) is 6.92 Å². The summed E-state index contributed by atoms with van der Waals surface area (Å²) in [4.78, 5) is 0. The van der Waals surface area contributed by atoms with Gasteiger partial charge in [0.25, 0.3) is 0 Å². The molecule has 0 aromatic heterocycles. The molecule has 71 valence electrons. The Bertz CT molecular complexity index is 93.2. The average molecular weight is 169 g/mol. The Morgan fingerprint density at radius 3 is 2.33 bits per heavy atom. The van der Waals surface area contributed by atoms with Gasteiger partial charge >= 0.3 is 0 Å². The van der Waals surface area contributed by atoms with Gasteiger partial charge in [0.1, 0.15) is 0 Å². The van der Waals surface area contributed by atoms with Crippen LogP contribution in [0.15, 0.2) is 0 Å². The molecule has 0 aromatic rings. The first-order valence-corrected chi connectivity index (χ1v) is 5.34. The molecule has 1 aliphatic carbocycles. The molecule has 0 amide bonds. The molecule has 0 aliphatic heterocycles. The van der Waals surface area contributed by atoms with E-state index in [0.29, 0.717) is 6.10 Å². The van der Waals surface area contributed by atoms with Gasteiger partial charge in [0, 0.05) is 6.61 Å². The zero-order chi connectivity index (χ0) is 8.65. The third-order valence-corrected chi connectivity index (χ3v) is 2.55. The van der Waals surface area contributed by atoms with E-state index >= 15 is 0 Å². The van der Waals surface area contributed by atoms with Crippen LogP contribution in [0.5, 0.6) is 0 Å². The Morgan fingerprint density at radius 2 is 1.75 bits per heavy atom. The molecule has 1 nitrogen and oxygen atoms in total. The lowest BCUT2D eigenvalue weighted by atomic mass is 10.1. The van der Waals surface area contributed by atoms with E-state index in [2.05, 4.69) is 6.92 Å². The lowest BCUT2D eigenvalue weighted by molar-refractivity contribution is 0.0421. The molecule has 0 unspecified atom stereocenters. The summed E-state index contributed by atoms with van der Waals surface area (Å²) in [7, 11) is 0. The third kappa shape index (κ3) is 4.10. The van der Waals surface area contributed by atoms with Crippen molar-refractivity contribution in [2.45, 2.75) is 57.5 Å². The van der Waals surface area contributed by atoms with Crippen molar-refractivity contribution in [2.75, 3.05) is 6.61 Å². The molecular weight excluding hydrogens is 148 g/mol. The molecule has 1 heteroatoms. The van der Waals surface area contributed by atoms with E-state index in [0.717, 1.165) is 19.4 Å². The molecule has 1 saturated carbocycles. The lowest BCUT2D eigenvalue weighted by Crippen LogP contribution is -2.12.